The molecule has 1 heterocycles. The second-order valence-corrected chi connectivity index (χ2v) is 4.74. The van der Waals surface area contributed by atoms with E-state index in [9.17, 15) is 0 Å². The molecule has 1 aromatic heterocycles. The molecule has 1 atom stereocenters. The summed E-state index contributed by atoms with van der Waals surface area (Å²) in [5.74, 6) is 2.54. The van der Waals surface area contributed by atoms with Crippen LogP contribution >= 0.6 is 0 Å². The number of nitrogens with one attached hydrogen (secondary N) is 2. The Kier molecular flexibility index (Phi) is 5.81. The van der Waals surface area contributed by atoms with Crippen LogP contribution in [0.2, 0.25) is 0 Å². The summed E-state index contributed by atoms with van der Waals surface area (Å²) in [7, 11) is 0. The molecule has 2 N–H and O–H groups in total. The van der Waals surface area contributed by atoms with Gasteiger partial charge < -0.3 is 10.6 Å². The van der Waals surface area contributed by atoms with Crippen LogP contribution in [0.4, 0.5) is 11.6 Å². The quantitative estimate of drug-likeness (QED) is 0.755. The Balaban J connectivity index is 2.64. The lowest BCUT2D eigenvalue weighted by atomic mass is 10.0. The van der Waals surface area contributed by atoms with Crippen molar-refractivity contribution in [1.82, 2.24) is 4.98 Å². The van der Waals surface area contributed by atoms with Gasteiger partial charge in [-0.2, -0.15) is 0 Å². The van der Waals surface area contributed by atoms with Crippen molar-refractivity contribution in [3.05, 3.63) is 18.2 Å². The van der Waals surface area contributed by atoms with E-state index in [2.05, 4.69) is 43.3 Å². The molecule has 0 amide bonds. The van der Waals surface area contributed by atoms with Crippen LogP contribution in [0, 0.1) is 5.92 Å². The molecule has 96 valence electrons. The first-order valence-electron chi connectivity index (χ1n) is 6.64. The highest BCUT2D eigenvalue weighted by Crippen LogP contribution is 2.15. The summed E-state index contributed by atoms with van der Waals surface area (Å²) < 4.78 is 0. The molecule has 1 aromatic rings. The predicted molar refractivity (Wildman–Crippen MR) is 75.6 cm³/mol. The standard InChI is InChI=1S/C14H25N3/c1-5-10-15-13-8-7-9-14(17-13)16-12(6-2)11(3)4/h7-9,11-12H,5-6,10H2,1-4H3,(H2,15,16,17). The van der Waals surface area contributed by atoms with Crippen molar-refractivity contribution in [3.8, 4) is 0 Å². The van der Waals surface area contributed by atoms with E-state index >= 15 is 0 Å². The third-order valence-corrected chi connectivity index (χ3v) is 2.88. The highest BCUT2D eigenvalue weighted by molar-refractivity contribution is 5.45. The number of nitrogens with zero attached hydrogens (tertiary/aromatic N) is 1. The maximum atomic E-state index is 4.56. The molecule has 0 fully saturated rings. The molecule has 0 spiro atoms. The van der Waals surface area contributed by atoms with Crippen LogP contribution < -0.4 is 10.6 Å². The molecule has 0 aliphatic carbocycles. The largest absolute Gasteiger partial charge is 0.370 e. The minimum Gasteiger partial charge on any atom is -0.370 e. The first-order valence-corrected chi connectivity index (χ1v) is 6.64. The lowest BCUT2D eigenvalue weighted by Gasteiger charge is -2.21. The maximum Gasteiger partial charge on any atom is 0.128 e. The van der Waals surface area contributed by atoms with E-state index in [4.69, 9.17) is 0 Å². The van der Waals surface area contributed by atoms with Gasteiger partial charge in [0.1, 0.15) is 11.6 Å². The first kappa shape index (κ1) is 13.8. The SMILES string of the molecule is CCCNc1cccc(NC(CC)C(C)C)n1. The van der Waals surface area contributed by atoms with Gasteiger partial charge in [0.2, 0.25) is 0 Å². The molecule has 1 rings (SSSR count). The van der Waals surface area contributed by atoms with E-state index in [0.29, 0.717) is 12.0 Å². The number of anilines is 2. The van der Waals surface area contributed by atoms with Crippen molar-refractivity contribution in [1.29, 1.82) is 0 Å². The zero-order chi connectivity index (χ0) is 12.7. The van der Waals surface area contributed by atoms with Gasteiger partial charge in [0, 0.05) is 12.6 Å². The number of pyridine rings is 1. The Morgan fingerprint density at radius 3 is 2.47 bits per heavy atom. The normalized spacial score (nSPS) is 12.5. The number of aromatic nitrogens is 1. The Morgan fingerprint density at radius 1 is 1.18 bits per heavy atom. The van der Waals surface area contributed by atoms with Crippen LogP contribution in [0.1, 0.15) is 40.5 Å². The minimum absolute atomic E-state index is 0.490. The smallest absolute Gasteiger partial charge is 0.128 e. The second kappa shape index (κ2) is 7.15. The molecule has 0 aliphatic rings. The number of hydrogen-bond donors (Lipinski definition) is 2. The second-order valence-electron chi connectivity index (χ2n) is 4.74. The molecular weight excluding hydrogens is 210 g/mol. The van der Waals surface area contributed by atoms with Crippen molar-refractivity contribution in [2.75, 3.05) is 17.2 Å². The summed E-state index contributed by atoms with van der Waals surface area (Å²) in [4.78, 5) is 4.56. The maximum absolute atomic E-state index is 4.56. The van der Waals surface area contributed by atoms with Crippen molar-refractivity contribution < 1.29 is 0 Å². The van der Waals surface area contributed by atoms with E-state index in [1.54, 1.807) is 0 Å². The van der Waals surface area contributed by atoms with Crippen LogP contribution in [0.5, 0.6) is 0 Å². The van der Waals surface area contributed by atoms with E-state index < -0.39 is 0 Å². The van der Waals surface area contributed by atoms with Crippen molar-refractivity contribution in [2.45, 2.75) is 46.6 Å². The van der Waals surface area contributed by atoms with Crippen LogP contribution in [-0.4, -0.2) is 17.6 Å². The van der Waals surface area contributed by atoms with Gasteiger partial charge in [0.15, 0.2) is 0 Å². The summed E-state index contributed by atoms with van der Waals surface area (Å²) >= 11 is 0. The molecule has 1 unspecified atom stereocenters. The zero-order valence-electron chi connectivity index (χ0n) is 11.5. The van der Waals surface area contributed by atoms with Crippen LogP contribution in [0.3, 0.4) is 0 Å². The number of hydrogen-bond acceptors (Lipinski definition) is 3. The monoisotopic (exact) mass is 235 g/mol. The molecule has 0 aliphatic heterocycles. The molecular formula is C14H25N3. The average Bonchev–Trinajstić information content (AvgIpc) is 2.33. The average molecular weight is 235 g/mol. The molecule has 0 saturated heterocycles. The van der Waals surface area contributed by atoms with Gasteiger partial charge in [-0.25, -0.2) is 4.98 Å². The van der Waals surface area contributed by atoms with E-state index in [0.717, 1.165) is 31.0 Å². The van der Waals surface area contributed by atoms with Gasteiger partial charge in [-0.1, -0.05) is 33.8 Å². The fourth-order valence-electron chi connectivity index (χ4n) is 1.80. The third kappa shape index (κ3) is 4.63. The summed E-state index contributed by atoms with van der Waals surface area (Å²) in [5.41, 5.74) is 0. The summed E-state index contributed by atoms with van der Waals surface area (Å²) in [6.45, 7) is 9.80. The van der Waals surface area contributed by atoms with Crippen molar-refractivity contribution >= 4 is 11.6 Å². The molecule has 0 aromatic carbocycles. The molecule has 0 bridgehead atoms. The van der Waals surface area contributed by atoms with Gasteiger partial charge in [0.05, 0.1) is 0 Å². The van der Waals surface area contributed by atoms with Crippen LogP contribution in [0.25, 0.3) is 0 Å². The van der Waals surface area contributed by atoms with E-state index in [1.165, 1.54) is 0 Å². The fraction of sp³-hybridized carbons (Fsp3) is 0.643. The lowest BCUT2D eigenvalue weighted by molar-refractivity contribution is 0.510. The molecule has 17 heavy (non-hydrogen) atoms. The Hall–Kier alpha value is -1.25. The molecule has 3 heteroatoms. The Morgan fingerprint density at radius 2 is 1.88 bits per heavy atom. The van der Waals surface area contributed by atoms with Gasteiger partial charge in [-0.15, -0.1) is 0 Å². The van der Waals surface area contributed by atoms with Gasteiger partial charge in [0.25, 0.3) is 0 Å². The minimum atomic E-state index is 0.490. The summed E-state index contributed by atoms with van der Waals surface area (Å²) in [6, 6.07) is 6.57. The van der Waals surface area contributed by atoms with Gasteiger partial charge in [-0.05, 0) is 30.9 Å². The Bertz CT molecular complexity index is 323. The fourth-order valence-corrected chi connectivity index (χ4v) is 1.80. The third-order valence-electron chi connectivity index (χ3n) is 2.88. The summed E-state index contributed by atoms with van der Waals surface area (Å²) in [6.07, 6.45) is 2.23. The van der Waals surface area contributed by atoms with Crippen LogP contribution in [-0.2, 0) is 0 Å². The first-order chi connectivity index (χ1) is 8.17. The number of rotatable bonds is 7. The van der Waals surface area contributed by atoms with E-state index in [-0.39, 0.29) is 0 Å². The van der Waals surface area contributed by atoms with E-state index in [1.807, 2.05) is 18.2 Å². The highest BCUT2D eigenvalue weighted by Gasteiger charge is 2.10. The van der Waals surface area contributed by atoms with Gasteiger partial charge in [-0.3, -0.25) is 0 Å². The highest BCUT2D eigenvalue weighted by atomic mass is 15.1. The molecule has 0 saturated carbocycles. The predicted octanol–water partition coefficient (Wildman–Crippen LogP) is 3.75. The van der Waals surface area contributed by atoms with Crippen molar-refractivity contribution in [2.24, 2.45) is 5.92 Å². The lowest BCUT2D eigenvalue weighted by Crippen LogP contribution is -2.25. The Labute approximate surface area is 105 Å². The molecule has 0 radical (unpaired) electrons. The van der Waals surface area contributed by atoms with Crippen LogP contribution in [0.15, 0.2) is 18.2 Å². The topological polar surface area (TPSA) is 37.0 Å². The molecule has 3 nitrogen and oxygen atoms in total. The van der Waals surface area contributed by atoms with Gasteiger partial charge >= 0.3 is 0 Å². The zero-order valence-corrected chi connectivity index (χ0v) is 11.5. The summed E-state index contributed by atoms with van der Waals surface area (Å²) in [5, 5.41) is 6.80. The van der Waals surface area contributed by atoms with Crippen molar-refractivity contribution in [3.63, 3.8) is 0 Å².